The average Bonchev–Trinajstić information content (AvgIpc) is 3.01. The lowest BCUT2D eigenvalue weighted by Gasteiger charge is -2.03. The van der Waals surface area contributed by atoms with Crippen molar-refractivity contribution in [1.29, 1.82) is 0 Å². The molecule has 1 N–H and O–H groups in total. The fourth-order valence-electron chi connectivity index (χ4n) is 2.10. The molecule has 0 spiro atoms. The number of hydrogen-bond acceptors (Lipinski definition) is 3. The number of carbonyl (C=O) groups is 1. The van der Waals surface area contributed by atoms with E-state index in [1.807, 2.05) is 30.3 Å². The summed E-state index contributed by atoms with van der Waals surface area (Å²) >= 11 is 6.09. The van der Waals surface area contributed by atoms with Crippen LogP contribution in [0.25, 0.3) is 6.08 Å². The lowest BCUT2D eigenvalue weighted by atomic mass is 10.2. The minimum atomic E-state index is -0.169. The van der Waals surface area contributed by atoms with Gasteiger partial charge >= 0.3 is 0 Å². The molecule has 0 saturated heterocycles. The topological polar surface area (TPSA) is 47.6 Å². The molecule has 0 radical (unpaired) electrons. The Balaban J connectivity index is 1.62. The third-order valence-corrected chi connectivity index (χ3v) is 3.47. The predicted molar refractivity (Wildman–Crippen MR) is 84.9 cm³/mol. The Morgan fingerprint density at radius 1 is 1.23 bits per heavy atom. The first-order chi connectivity index (χ1) is 10.7. The van der Waals surface area contributed by atoms with Crippen molar-refractivity contribution in [3.63, 3.8) is 0 Å². The molecule has 0 aromatic heterocycles. The predicted octanol–water partition coefficient (Wildman–Crippen LogP) is 3.40. The molecule has 0 fully saturated rings. The highest BCUT2D eigenvalue weighted by Gasteiger charge is 2.17. The Morgan fingerprint density at radius 2 is 2.05 bits per heavy atom. The highest BCUT2D eigenvalue weighted by Crippen LogP contribution is 2.39. The summed E-state index contributed by atoms with van der Waals surface area (Å²) in [5.74, 6) is 0.974. The summed E-state index contributed by atoms with van der Waals surface area (Å²) in [4.78, 5) is 11.8. The van der Waals surface area contributed by atoms with Gasteiger partial charge in [-0.3, -0.25) is 4.79 Å². The first kappa shape index (κ1) is 14.5. The summed E-state index contributed by atoms with van der Waals surface area (Å²) in [6, 6.07) is 13.3. The summed E-state index contributed by atoms with van der Waals surface area (Å²) < 4.78 is 10.5. The molecule has 1 aliphatic heterocycles. The molecule has 3 rings (SSSR count). The number of halogens is 1. The molecule has 1 amide bonds. The lowest BCUT2D eigenvalue weighted by molar-refractivity contribution is -0.116. The van der Waals surface area contributed by atoms with Gasteiger partial charge in [-0.25, -0.2) is 0 Å². The number of ether oxygens (including phenoxy) is 2. The van der Waals surface area contributed by atoms with Gasteiger partial charge in [0.05, 0.1) is 5.02 Å². The Morgan fingerprint density at radius 3 is 2.86 bits per heavy atom. The van der Waals surface area contributed by atoms with Crippen molar-refractivity contribution in [1.82, 2.24) is 5.32 Å². The van der Waals surface area contributed by atoms with Gasteiger partial charge in [-0.2, -0.15) is 0 Å². The number of fused-ring (bicyclic) bond motifs is 1. The fraction of sp³-hybridized carbons (Fsp3) is 0.118. The van der Waals surface area contributed by atoms with Crippen molar-refractivity contribution >= 4 is 23.6 Å². The van der Waals surface area contributed by atoms with Gasteiger partial charge in [0.2, 0.25) is 12.7 Å². The monoisotopic (exact) mass is 315 g/mol. The molecule has 0 bridgehead atoms. The van der Waals surface area contributed by atoms with Crippen LogP contribution in [0.1, 0.15) is 11.1 Å². The van der Waals surface area contributed by atoms with Crippen LogP contribution in [0.5, 0.6) is 11.5 Å². The van der Waals surface area contributed by atoms with Gasteiger partial charge in [-0.1, -0.05) is 41.9 Å². The van der Waals surface area contributed by atoms with E-state index in [9.17, 15) is 4.79 Å². The number of amides is 1. The van der Waals surface area contributed by atoms with Crippen molar-refractivity contribution in [3.8, 4) is 11.5 Å². The van der Waals surface area contributed by atoms with Gasteiger partial charge in [-0.05, 0) is 29.3 Å². The minimum Gasteiger partial charge on any atom is -0.454 e. The van der Waals surface area contributed by atoms with Crippen LogP contribution in [0.15, 0.2) is 48.5 Å². The first-order valence-electron chi connectivity index (χ1n) is 6.81. The molecule has 0 saturated carbocycles. The van der Waals surface area contributed by atoms with Gasteiger partial charge in [0, 0.05) is 12.6 Å². The first-order valence-corrected chi connectivity index (χ1v) is 7.19. The van der Waals surface area contributed by atoms with Gasteiger partial charge in [-0.15, -0.1) is 0 Å². The average molecular weight is 316 g/mol. The van der Waals surface area contributed by atoms with Gasteiger partial charge < -0.3 is 14.8 Å². The number of carbonyl (C=O) groups excluding carboxylic acids is 1. The van der Waals surface area contributed by atoms with E-state index in [1.165, 1.54) is 6.08 Å². The number of rotatable bonds is 4. The summed E-state index contributed by atoms with van der Waals surface area (Å²) in [6.07, 6.45) is 3.16. The Labute approximate surface area is 133 Å². The van der Waals surface area contributed by atoms with E-state index in [0.29, 0.717) is 23.1 Å². The fourth-order valence-corrected chi connectivity index (χ4v) is 2.37. The van der Waals surface area contributed by atoms with E-state index < -0.39 is 0 Å². The zero-order valence-corrected chi connectivity index (χ0v) is 12.5. The molecule has 1 aliphatic rings. The molecule has 4 nitrogen and oxygen atoms in total. The summed E-state index contributed by atoms with van der Waals surface area (Å²) in [6.45, 7) is 0.658. The van der Waals surface area contributed by atoms with Crippen molar-refractivity contribution < 1.29 is 14.3 Å². The smallest absolute Gasteiger partial charge is 0.244 e. The molecular weight excluding hydrogens is 302 g/mol. The van der Waals surface area contributed by atoms with Crippen LogP contribution in [0.2, 0.25) is 5.02 Å². The quantitative estimate of drug-likeness (QED) is 0.880. The minimum absolute atomic E-state index is 0.166. The van der Waals surface area contributed by atoms with Gasteiger partial charge in [0.25, 0.3) is 0 Å². The van der Waals surface area contributed by atoms with E-state index in [4.69, 9.17) is 21.1 Å². The summed E-state index contributed by atoms with van der Waals surface area (Å²) in [5, 5.41) is 3.29. The van der Waals surface area contributed by atoms with Crippen LogP contribution >= 0.6 is 11.6 Å². The Hall–Kier alpha value is -2.46. The second kappa shape index (κ2) is 6.54. The number of nitrogens with one attached hydrogen (secondary N) is 1. The second-order valence-electron chi connectivity index (χ2n) is 4.77. The molecule has 2 aromatic carbocycles. The molecule has 0 unspecified atom stereocenters. The second-order valence-corrected chi connectivity index (χ2v) is 5.18. The van der Waals surface area contributed by atoms with Gasteiger partial charge in [0.15, 0.2) is 11.5 Å². The largest absolute Gasteiger partial charge is 0.454 e. The number of hydrogen-bond donors (Lipinski definition) is 1. The summed E-state index contributed by atoms with van der Waals surface area (Å²) in [5.41, 5.74) is 1.83. The van der Waals surface area contributed by atoms with Crippen molar-refractivity contribution in [3.05, 3.63) is 64.7 Å². The maximum atomic E-state index is 11.8. The van der Waals surface area contributed by atoms with Crippen molar-refractivity contribution in [2.75, 3.05) is 6.79 Å². The van der Waals surface area contributed by atoms with E-state index >= 15 is 0 Å². The normalized spacial score (nSPS) is 12.6. The highest BCUT2D eigenvalue weighted by atomic mass is 35.5. The maximum Gasteiger partial charge on any atom is 0.244 e. The number of benzene rings is 2. The van der Waals surface area contributed by atoms with E-state index in [-0.39, 0.29) is 12.7 Å². The van der Waals surface area contributed by atoms with Crippen molar-refractivity contribution in [2.24, 2.45) is 0 Å². The lowest BCUT2D eigenvalue weighted by Crippen LogP contribution is -2.20. The summed E-state index contributed by atoms with van der Waals surface area (Å²) in [7, 11) is 0. The third-order valence-electron chi connectivity index (χ3n) is 3.19. The van der Waals surface area contributed by atoms with Gasteiger partial charge in [0.1, 0.15) is 0 Å². The molecule has 1 heterocycles. The Kier molecular flexibility index (Phi) is 4.30. The van der Waals surface area contributed by atoms with E-state index in [1.54, 1.807) is 18.2 Å². The maximum absolute atomic E-state index is 11.8. The molecule has 0 aliphatic carbocycles. The Bertz CT molecular complexity index is 713. The van der Waals surface area contributed by atoms with Crippen LogP contribution in [-0.2, 0) is 11.3 Å². The van der Waals surface area contributed by atoms with E-state index in [0.717, 1.165) is 11.1 Å². The molecule has 5 heteroatoms. The zero-order valence-electron chi connectivity index (χ0n) is 11.7. The SMILES string of the molecule is O=C(/C=C/c1cc(Cl)c2c(c1)OCO2)NCc1ccccc1. The van der Waals surface area contributed by atoms with E-state index in [2.05, 4.69) is 5.32 Å². The van der Waals surface area contributed by atoms with Crippen LogP contribution in [0.4, 0.5) is 0 Å². The zero-order chi connectivity index (χ0) is 15.4. The molecule has 0 atom stereocenters. The molecule has 112 valence electrons. The molecule has 22 heavy (non-hydrogen) atoms. The van der Waals surface area contributed by atoms with Crippen molar-refractivity contribution in [2.45, 2.75) is 6.54 Å². The van der Waals surface area contributed by atoms with Crippen LogP contribution in [-0.4, -0.2) is 12.7 Å². The molecular formula is C17H14ClNO3. The highest BCUT2D eigenvalue weighted by molar-refractivity contribution is 6.32. The van der Waals surface area contributed by atoms with Crippen LogP contribution in [0, 0.1) is 0 Å². The standard InChI is InChI=1S/C17H14ClNO3/c18-14-8-13(9-15-17(14)22-11-21-15)6-7-16(20)19-10-12-4-2-1-3-5-12/h1-9H,10-11H2,(H,19,20)/b7-6+. The van der Waals surface area contributed by atoms with Crippen LogP contribution in [0.3, 0.4) is 0 Å². The molecule has 2 aromatic rings. The van der Waals surface area contributed by atoms with Crippen LogP contribution < -0.4 is 14.8 Å². The third kappa shape index (κ3) is 3.40.